The lowest BCUT2D eigenvalue weighted by atomic mass is 9.85. The molecule has 0 aliphatic rings. The van der Waals surface area contributed by atoms with Gasteiger partial charge < -0.3 is 28.4 Å². The van der Waals surface area contributed by atoms with E-state index in [9.17, 15) is 19.2 Å². The van der Waals surface area contributed by atoms with Gasteiger partial charge in [-0.2, -0.15) is 0 Å². The van der Waals surface area contributed by atoms with Gasteiger partial charge in [0.25, 0.3) is 0 Å². The van der Waals surface area contributed by atoms with Gasteiger partial charge in [-0.25, -0.2) is 14.4 Å². The Bertz CT molecular complexity index is 1730. The molecular formula is C39H40O10. The highest BCUT2D eigenvalue weighted by Gasteiger charge is 2.26. The van der Waals surface area contributed by atoms with Crippen LogP contribution in [0.3, 0.4) is 0 Å². The topological polar surface area (TPSA) is 124 Å². The number of hydrogen-bond acceptors (Lipinski definition) is 10. The van der Waals surface area contributed by atoms with Crippen molar-refractivity contribution in [3.63, 3.8) is 0 Å². The fourth-order valence-corrected chi connectivity index (χ4v) is 4.85. The Balaban J connectivity index is 1.30. The maximum absolute atomic E-state index is 12.9. The van der Waals surface area contributed by atoms with Gasteiger partial charge in [-0.1, -0.05) is 80.6 Å². The molecule has 0 fully saturated rings. The number of Topliss-reactive ketones (excluding diaryl/α,β-unsaturated/α-hetero) is 1. The molecule has 0 heterocycles. The summed E-state index contributed by atoms with van der Waals surface area (Å²) in [6.45, 7) is 3.72. The van der Waals surface area contributed by atoms with Crippen LogP contribution in [0.25, 0.3) is 0 Å². The van der Waals surface area contributed by atoms with Crippen LogP contribution in [0.4, 0.5) is 0 Å². The Kier molecular flexibility index (Phi) is 12.9. The molecule has 0 aliphatic heterocycles. The molecule has 10 nitrogen and oxygen atoms in total. The van der Waals surface area contributed by atoms with Crippen molar-refractivity contribution in [3.8, 4) is 17.2 Å². The first-order valence-electron chi connectivity index (χ1n) is 15.6. The first-order valence-corrected chi connectivity index (χ1v) is 15.6. The van der Waals surface area contributed by atoms with Crippen LogP contribution in [0.1, 0.15) is 41.7 Å². The van der Waals surface area contributed by atoms with Crippen LogP contribution in [0, 0.1) is 5.41 Å². The molecule has 0 radical (unpaired) electrons. The van der Waals surface area contributed by atoms with Crippen LogP contribution < -0.4 is 14.2 Å². The van der Waals surface area contributed by atoms with Gasteiger partial charge in [-0.3, -0.25) is 4.79 Å². The van der Waals surface area contributed by atoms with Gasteiger partial charge in [0, 0.05) is 17.4 Å². The van der Waals surface area contributed by atoms with Crippen LogP contribution in [-0.4, -0.2) is 44.5 Å². The van der Waals surface area contributed by atoms with Crippen molar-refractivity contribution in [2.45, 2.75) is 46.5 Å². The highest BCUT2D eigenvalue weighted by molar-refractivity contribution is 6.34. The van der Waals surface area contributed by atoms with Crippen LogP contribution in [0.15, 0.2) is 97.1 Å². The van der Waals surface area contributed by atoms with Gasteiger partial charge in [-0.15, -0.1) is 0 Å². The van der Waals surface area contributed by atoms with E-state index in [0.717, 1.165) is 11.1 Å². The summed E-state index contributed by atoms with van der Waals surface area (Å²) in [5.41, 5.74) is 2.98. The smallest absolute Gasteiger partial charge is 0.417 e. The molecule has 4 aromatic rings. The average Bonchev–Trinajstić information content (AvgIpc) is 3.12. The zero-order valence-electron chi connectivity index (χ0n) is 28.1. The predicted octanol–water partition coefficient (Wildman–Crippen LogP) is 5.99. The lowest BCUT2D eigenvalue weighted by Crippen LogP contribution is -2.28. The number of ketones is 1. The molecule has 256 valence electrons. The molecular weight excluding hydrogens is 628 g/mol. The zero-order chi connectivity index (χ0) is 35.2. The third-order valence-corrected chi connectivity index (χ3v) is 7.52. The summed E-state index contributed by atoms with van der Waals surface area (Å²) in [7, 11) is 3.08. The summed E-state index contributed by atoms with van der Waals surface area (Å²) in [4.78, 5) is 50.3. The zero-order valence-corrected chi connectivity index (χ0v) is 28.1. The van der Waals surface area contributed by atoms with E-state index in [2.05, 4.69) is 0 Å². The average molecular weight is 669 g/mol. The van der Waals surface area contributed by atoms with Crippen molar-refractivity contribution in [3.05, 3.63) is 125 Å². The number of esters is 3. The van der Waals surface area contributed by atoms with E-state index in [0.29, 0.717) is 47.0 Å². The highest BCUT2D eigenvalue weighted by Crippen LogP contribution is 2.28. The SMILES string of the molecule is COc1ccc(COC(=O)C(=O)OCc2ccc(OC)cc2CC(C)(C)COC(=O)C(=O)Cc2ccccc2OCc2ccccc2)cc1. The summed E-state index contributed by atoms with van der Waals surface area (Å²) in [6.07, 6.45) is 0.203. The van der Waals surface area contributed by atoms with Crippen molar-refractivity contribution in [1.29, 1.82) is 0 Å². The molecule has 0 saturated heterocycles. The van der Waals surface area contributed by atoms with Crippen LogP contribution >= 0.6 is 0 Å². The number of rotatable bonds is 16. The van der Waals surface area contributed by atoms with Gasteiger partial charge in [-0.05, 0) is 59.0 Å². The van der Waals surface area contributed by atoms with E-state index >= 15 is 0 Å². The Morgan fingerprint density at radius 3 is 1.88 bits per heavy atom. The summed E-state index contributed by atoms with van der Waals surface area (Å²) >= 11 is 0. The van der Waals surface area contributed by atoms with E-state index in [4.69, 9.17) is 28.4 Å². The summed E-state index contributed by atoms with van der Waals surface area (Å²) in [5, 5.41) is 0. The minimum Gasteiger partial charge on any atom is -0.497 e. The molecule has 4 aromatic carbocycles. The van der Waals surface area contributed by atoms with Gasteiger partial charge >= 0.3 is 17.9 Å². The molecule has 4 rings (SSSR count). The van der Waals surface area contributed by atoms with Crippen molar-refractivity contribution >= 4 is 23.7 Å². The normalized spacial score (nSPS) is 10.9. The second-order valence-corrected chi connectivity index (χ2v) is 12.0. The number of para-hydroxylation sites is 1. The Morgan fingerprint density at radius 1 is 0.571 bits per heavy atom. The molecule has 0 saturated carbocycles. The fourth-order valence-electron chi connectivity index (χ4n) is 4.85. The van der Waals surface area contributed by atoms with Gasteiger partial charge in [0.05, 0.1) is 20.8 Å². The standard InChI is InChI=1S/C39H40O10/c1-39(2,26-49-36(41)34(40)21-29-12-8-9-13-35(29)46-23-27-10-6-5-7-11-27)22-31-20-33(45-4)19-16-30(31)25-48-38(43)37(42)47-24-28-14-17-32(44-3)18-15-28/h5-20H,21-26H2,1-4H3. The summed E-state index contributed by atoms with van der Waals surface area (Å²) in [5.74, 6) is -2.15. The Hall–Kier alpha value is -5.64. The van der Waals surface area contributed by atoms with E-state index < -0.39 is 29.1 Å². The molecule has 0 atom stereocenters. The predicted molar refractivity (Wildman–Crippen MR) is 180 cm³/mol. The first-order chi connectivity index (χ1) is 23.6. The van der Waals surface area contributed by atoms with Gasteiger partial charge in [0.1, 0.15) is 37.1 Å². The van der Waals surface area contributed by atoms with Crippen LogP contribution in [0.5, 0.6) is 17.2 Å². The monoisotopic (exact) mass is 668 g/mol. The van der Waals surface area contributed by atoms with Crippen molar-refractivity contribution in [2.24, 2.45) is 5.41 Å². The molecule has 0 N–H and O–H groups in total. The second-order valence-electron chi connectivity index (χ2n) is 12.0. The Labute approximate surface area is 285 Å². The maximum Gasteiger partial charge on any atom is 0.417 e. The van der Waals surface area contributed by atoms with E-state index in [1.165, 1.54) is 7.11 Å². The van der Waals surface area contributed by atoms with Crippen molar-refractivity contribution in [2.75, 3.05) is 20.8 Å². The Morgan fingerprint density at radius 2 is 1.18 bits per heavy atom. The first kappa shape index (κ1) is 36.2. The summed E-state index contributed by atoms with van der Waals surface area (Å²) < 4.78 is 32.2. The third-order valence-electron chi connectivity index (χ3n) is 7.52. The number of carbonyl (C=O) groups is 4. The summed E-state index contributed by atoms with van der Waals surface area (Å²) in [6, 6.07) is 28.8. The van der Waals surface area contributed by atoms with E-state index in [1.807, 2.05) is 44.2 Å². The van der Waals surface area contributed by atoms with Crippen molar-refractivity contribution in [1.82, 2.24) is 0 Å². The molecule has 0 bridgehead atoms. The van der Waals surface area contributed by atoms with Gasteiger partial charge in [0.2, 0.25) is 5.78 Å². The number of hydrogen-bond donors (Lipinski definition) is 0. The van der Waals surface area contributed by atoms with Crippen molar-refractivity contribution < 1.29 is 47.6 Å². The minimum atomic E-state index is -1.13. The number of methoxy groups -OCH3 is 2. The van der Waals surface area contributed by atoms with Crippen LogP contribution in [0.2, 0.25) is 0 Å². The number of carbonyl (C=O) groups excluding carboxylic acids is 4. The maximum atomic E-state index is 12.9. The molecule has 0 spiro atoms. The quantitative estimate of drug-likeness (QED) is 0.0799. The second kappa shape index (κ2) is 17.5. The fraction of sp³-hybridized carbons (Fsp3) is 0.282. The lowest BCUT2D eigenvalue weighted by molar-refractivity contribution is -0.169. The van der Waals surface area contributed by atoms with Crippen LogP contribution in [-0.2, 0) is 66.1 Å². The molecule has 0 unspecified atom stereocenters. The van der Waals surface area contributed by atoms with E-state index in [-0.39, 0.29) is 26.2 Å². The number of ether oxygens (including phenoxy) is 6. The minimum absolute atomic E-state index is 0.0577. The number of benzene rings is 4. The molecule has 49 heavy (non-hydrogen) atoms. The highest BCUT2D eigenvalue weighted by atomic mass is 16.6. The lowest BCUT2D eigenvalue weighted by Gasteiger charge is -2.25. The molecule has 0 aromatic heterocycles. The van der Waals surface area contributed by atoms with E-state index in [1.54, 1.807) is 73.8 Å². The largest absolute Gasteiger partial charge is 0.497 e. The van der Waals surface area contributed by atoms with Gasteiger partial charge in [0.15, 0.2) is 0 Å². The third kappa shape index (κ3) is 11.2. The molecule has 0 amide bonds. The molecule has 0 aliphatic carbocycles. The molecule has 10 heteroatoms.